The van der Waals surface area contributed by atoms with Gasteiger partial charge in [0.2, 0.25) is 5.91 Å². The highest BCUT2D eigenvalue weighted by molar-refractivity contribution is 6.02. The molecule has 1 aromatic heterocycles. The second-order valence-corrected chi connectivity index (χ2v) is 4.08. The summed E-state index contributed by atoms with van der Waals surface area (Å²) in [5.74, 6) is -0.641. The maximum atomic E-state index is 12.2. The predicted molar refractivity (Wildman–Crippen MR) is 70.7 cm³/mol. The minimum atomic E-state index is -0.484. The molecule has 0 radical (unpaired) electrons. The van der Waals surface area contributed by atoms with Crippen molar-refractivity contribution in [1.82, 2.24) is 9.78 Å². The van der Waals surface area contributed by atoms with Crippen LogP contribution in [0, 0.1) is 0 Å². The molecule has 0 spiro atoms. The SMILES string of the molecule is CC(=O)Nc1[nH]n(-c2ccccc2)c(=O)c1C(C)=O. The van der Waals surface area contributed by atoms with Gasteiger partial charge in [-0.2, -0.15) is 0 Å². The first kappa shape index (κ1) is 12.8. The first-order chi connectivity index (χ1) is 9.00. The Hall–Kier alpha value is -2.63. The number of anilines is 1. The topological polar surface area (TPSA) is 84.0 Å². The molecule has 2 N–H and O–H groups in total. The fraction of sp³-hybridized carbons (Fsp3) is 0.154. The van der Waals surface area contributed by atoms with Crippen molar-refractivity contribution in [3.8, 4) is 5.69 Å². The maximum absolute atomic E-state index is 12.2. The van der Waals surface area contributed by atoms with Crippen LogP contribution in [0.25, 0.3) is 5.69 Å². The molecule has 0 aliphatic heterocycles. The van der Waals surface area contributed by atoms with E-state index in [1.807, 2.05) is 6.07 Å². The molecule has 0 saturated heterocycles. The van der Waals surface area contributed by atoms with Gasteiger partial charge in [0.05, 0.1) is 5.69 Å². The van der Waals surface area contributed by atoms with E-state index in [4.69, 9.17) is 0 Å². The summed E-state index contributed by atoms with van der Waals surface area (Å²) >= 11 is 0. The minimum Gasteiger partial charge on any atom is -0.311 e. The molecule has 0 aliphatic carbocycles. The van der Waals surface area contributed by atoms with Gasteiger partial charge in [-0.15, -0.1) is 0 Å². The van der Waals surface area contributed by atoms with Crippen LogP contribution in [0.3, 0.4) is 0 Å². The number of hydrogen-bond donors (Lipinski definition) is 2. The van der Waals surface area contributed by atoms with E-state index in [0.717, 1.165) is 0 Å². The summed E-state index contributed by atoms with van der Waals surface area (Å²) in [5.41, 5.74) is 0.0492. The zero-order chi connectivity index (χ0) is 14.0. The fourth-order valence-corrected chi connectivity index (χ4v) is 1.79. The Bertz CT molecular complexity index is 683. The van der Waals surface area contributed by atoms with Gasteiger partial charge in [0.1, 0.15) is 11.4 Å². The third-order valence-corrected chi connectivity index (χ3v) is 2.56. The van der Waals surface area contributed by atoms with E-state index in [2.05, 4.69) is 10.4 Å². The number of nitrogens with zero attached hydrogens (tertiary/aromatic N) is 1. The van der Waals surface area contributed by atoms with Gasteiger partial charge in [-0.25, -0.2) is 4.68 Å². The fourth-order valence-electron chi connectivity index (χ4n) is 1.79. The summed E-state index contributed by atoms with van der Waals surface area (Å²) in [6.07, 6.45) is 0. The number of amides is 1. The molecule has 2 aromatic rings. The van der Waals surface area contributed by atoms with Gasteiger partial charge < -0.3 is 5.32 Å². The molecule has 1 aromatic carbocycles. The monoisotopic (exact) mass is 259 g/mol. The van der Waals surface area contributed by atoms with Crippen LogP contribution < -0.4 is 10.9 Å². The van der Waals surface area contributed by atoms with E-state index in [-0.39, 0.29) is 17.3 Å². The third-order valence-electron chi connectivity index (χ3n) is 2.56. The minimum absolute atomic E-state index is 0.0564. The molecule has 0 unspecified atom stereocenters. The zero-order valence-corrected chi connectivity index (χ0v) is 10.6. The van der Waals surface area contributed by atoms with Crippen molar-refractivity contribution in [3.05, 3.63) is 46.2 Å². The summed E-state index contributed by atoms with van der Waals surface area (Å²) in [6, 6.07) is 8.80. The lowest BCUT2D eigenvalue weighted by atomic mass is 10.2. The molecule has 98 valence electrons. The van der Waals surface area contributed by atoms with Crippen molar-refractivity contribution < 1.29 is 9.59 Å². The summed E-state index contributed by atoms with van der Waals surface area (Å²) in [7, 11) is 0. The molecule has 2 rings (SSSR count). The molecule has 6 nitrogen and oxygen atoms in total. The van der Waals surface area contributed by atoms with Crippen LogP contribution in [0.5, 0.6) is 0 Å². The molecule has 6 heteroatoms. The number of nitrogens with one attached hydrogen (secondary N) is 2. The van der Waals surface area contributed by atoms with E-state index >= 15 is 0 Å². The first-order valence-corrected chi connectivity index (χ1v) is 5.69. The Morgan fingerprint density at radius 1 is 1.16 bits per heavy atom. The first-order valence-electron chi connectivity index (χ1n) is 5.69. The molecule has 1 amide bonds. The number of aromatic nitrogens is 2. The molecule has 0 bridgehead atoms. The van der Waals surface area contributed by atoms with Gasteiger partial charge >= 0.3 is 0 Å². The number of Topliss-reactive ketones (excluding diaryl/α,β-unsaturated/α-hetero) is 1. The van der Waals surface area contributed by atoms with Crippen molar-refractivity contribution in [2.24, 2.45) is 0 Å². The third kappa shape index (κ3) is 2.47. The van der Waals surface area contributed by atoms with Crippen molar-refractivity contribution >= 4 is 17.5 Å². The van der Waals surface area contributed by atoms with Crippen molar-refractivity contribution in [1.29, 1.82) is 0 Å². The number of hydrogen-bond acceptors (Lipinski definition) is 3. The Labute approximate surface area is 109 Å². The largest absolute Gasteiger partial charge is 0.311 e. The second-order valence-electron chi connectivity index (χ2n) is 4.08. The van der Waals surface area contributed by atoms with Crippen LogP contribution in [0.1, 0.15) is 24.2 Å². The lowest BCUT2D eigenvalue weighted by molar-refractivity contribution is -0.114. The van der Waals surface area contributed by atoms with Gasteiger partial charge in [-0.1, -0.05) is 18.2 Å². The maximum Gasteiger partial charge on any atom is 0.284 e. The molecular weight excluding hydrogens is 246 g/mol. The Balaban J connectivity index is 2.62. The molecule has 0 atom stereocenters. The Morgan fingerprint density at radius 2 is 1.79 bits per heavy atom. The highest BCUT2D eigenvalue weighted by Crippen LogP contribution is 2.12. The average Bonchev–Trinajstić information content (AvgIpc) is 2.66. The number of para-hydroxylation sites is 1. The summed E-state index contributed by atoms with van der Waals surface area (Å²) in [6.45, 7) is 2.59. The number of H-pyrrole nitrogens is 1. The standard InChI is InChI=1S/C13H13N3O3/c1-8(17)11-12(14-9(2)18)15-16(13(11)19)10-6-4-3-5-7-10/h3-7,15H,1-2H3,(H,14,18). The van der Waals surface area contributed by atoms with Crippen LogP contribution in [-0.2, 0) is 4.79 Å². The normalized spacial score (nSPS) is 10.2. The van der Waals surface area contributed by atoms with E-state index in [9.17, 15) is 14.4 Å². The van der Waals surface area contributed by atoms with Gasteiger partial charge in [-0.3, -0.25) is 19.5 Å². The molecule has 1 heterocycles. The lowest BCUT2D eigenvalue weighted by Crippen LogP contribution is -2.19. The second kappa shape index (κ2) is 4.93. The number of benzene rings is 1. The number of carbonyl (C=O) groups excluding carboxylic acids is 2. The molecular formula is C13H13N3O3. The average molecular weight is 259 g/mol. The van der Waals surface area contributed by atoms with E-state index in [0.29, 0.717) is 5.69 Å². The summed E-state index contributed by atoms with van der Waals surface area (Å²) < 4.78 is 1.22. The molecule has 0 saturated carbocycles. The van der Waals surface area contributed by atoms with Gasteiger partial charge in [0.25, 0.3) is 5.56 Å². The summed E-state index contributed by atoms with van der Waals surface area (Å²) in [4.78, 5) is 34.8. The van der Waals surface area contributed by atoms with Crippen LogP contribution in [0.2, 0.25) is 0 Å². The van der Waals surface area contributed by atoms with Crippen molar-refractivity contribution in [2.45, 2.75) is 13.8 Å². The number of aromatic amines is 1. The van der Waals surface area contributed by atoms with Crippen LogP contribution in [-0.4, -0.2) is 21.5 Å². The van der Waals surface area contributed by atoms with Crippen LogP contribution >= 0.6 is 0 Å². The van der Waals surface area contributed by atoms with Crippen LogP contribution in [0.15, 0.2) is 35.1 Å². The quantitative estimate of drug-likeness (QED) is 0.815. The highest BCUT2D eigenvalue weighted by atomic mass is 16.2. The van der Waals surface area contributed by atoms with E-state index in [1.165, 1.54) is 18.5 Å². The molecule has 0 aliphatic rings. The lowest BCUT2D eigenvalue weighted by Gasteiger charge is -2.01. The highest BCUT2D eigenvalue weighted by Gasteiger charge is 2.19. The van der Waals surface area contributed by atoms with Crippen LogP contribution in [0.4, 0.5) is 5.82 Å². The Morgan fingerprint density at radius 3 is 2.32 bits per heavy atom. The van der Waals surface area contributed by atoms with E-state index < -0.39 is 11.3 Å². The predicted octanol–water partition coefficient (Wildman–Crippen LogP) is 1.33. The van der Waals surface area contributed by atoms with Gasteiger partial charge in [0, 0.05) is 6.92 Å². The van der Waals surface area contributed by atoms with E-state index in [1.54, 1.807) is 24.3 Å². The van der Waals surface area contributed by atoms with Gasteiger partial charge in [0.15, 0.2) is 5.78 Å². The molecule has 19 heavy (non-hydrogen) atoms. The van der Waals surface area contributed by atoms with Crippen molar-refractivity contribution in [2.75, 3.05) is 5.32 Å². The molecule has 0 fully saturated rings. The smallest absolute Gasteiger partial charge is 0.284 e. The number of ketones is 1. The van der Waals surface area contributed by atoms with Crippen molar-refractivity contribution in [3.63, 3.8) is 0 Å². The zero-order valence-electron chi connectivity index (χ0n) is 10.6. The number of rotatable bonds is 3. The Kier molecular flexibility index (Phi) is 3.33. The van der Waals surface area contributed by atoms with Gasteiger partial charge in [-0.05, 0) is 19.1 Å². The number of carbonyl (C=O) groups is 2. The summed E-state index contributed by atoms with van der Waals surface area (Å²) in [5, 5.41) is 5.18.